The molecule has 0 saturated carbocycles. The van der Waals surface area contributed by atoms with Crippen molar-refractivity contribution in [3.63, 3.8) is 0 Å². The molecule has 0 aliphatic rings. The number of rotatable bonds is 6. The van der Waals surface area contributed by atoms with Crippen LogP contribution >= 0.6 is 0 Å². The molecule has 12 rings (SSSR count). The van der Waals surface area contributed by atoms with Crippen molar-refractivity contribution >= 4 is 53.9 Å². The van der Waals surface area contributed by atoms with Crippen molar-refractivity contribution in [3.05, 3.63) is 231 Å². The van der Waals surface area contributed by atoms with Gasteiger partial charge in [-0.15, -0.1) is 0 Å². The minimum Gasteiger partial charge on any atom is -0.264 e. The van der Waals surface area contributed by atoms with E-state index in [-0.39, 0.29) is 0 Å². The van der Waals surface area contributed by atoms with Crippen molar-refractivity contribution in [2.75, 3.05) is 0 Å². The van der Waals surface area contributed by atoms with Gasteiger partial charge in [-0.05, 0) is 146 Å². The minimum absolute atomic E-state index is 1.09. The van der Waals surface area contributed by atoms with Crippen LogP contribution in [0.4, 0.5) is 0 Å². The average Bonchev–Trinajstić information content (AvgIpc) is 3.35. The molecule has 0 atom stereocenters. The Bertz CT molecular complexity index is 3660. The Labute approximate surface area is 360 Å². The Morgan fingerprint density at radius 1 is 0.226 bits per heavy atom. The molecule has 0 bridgehead atoms. The summed E-state index contributed by atoms with van der Waals surface area (Å²) in [5.74, 6) is 0. The number of hydrogen-bond acceptors (Lipinski definition) is 2. The van der Waals surface area contributed by atoms with Crippen molar-refractivity contribution in [3.8, 4) is 66.8 Å². The summed E-state index contributed by atoms with van der Waals surface area (Å²) >= 11 is 0. The van der Waals surface area contributed by atoms with E-state index in [2.05, 4.69) is 204 Å². The fourth-order valence-corrected chi connectivity index (χ4v) is 9.88. The molecule has 0 unspecified atom stereocenters. The number of nitrogens with zero attached hydrogens (tertiary/aromatic N) is 2. The zero-order valence-electron chi connectivity index (χ0n) is 33.8. The number of hydrogen-bond donors (Lipinski definition) is 0. The minimum atomic E-state index is 1.09. The zero-order valence-corrected chi connectivity index (χ0v) is 33.8. The standard InChI is InChI=1S/C60H38N2/c1-2-16-40(17-3-1)59-54-36-56-55(35-53(54)48-26-6-7-27-50(48)60(59)49-30-12-18-39-15-4-5-25-47(39)49)57(43-21-10-19-41(33-43)45-23-13-31-61-37-45)51-28-8-9-29-52(51)58(56)44-22-11-20-42(34-44)46-24-14-32-62-38-46/h1-38H. The smallest absolute Gasteiger partial charge is 0.0346 e. The van der Waals surface area contributed by atoms with Gasteiger partial charge in [-0.1, -0.05) is 170 Å². The van der Waals surface area contributed by atoms with E-state index < -0.39 is 0 Å². The van der Waals surface area contributed by atoms with Gasteiger partial charge in [0.05, 0.1) is 0 Å². The highest BCUT2D eigenvalue weighted by molar-refractivity contribution is 6.30. The SMILES string of the molecule is c1ccc(-c2c(-c3cccc4ccccc34)c3ccccc3c3cc4c(-c5cccc(-c6cccnc6)c5)c5ccccc5c(-c5cccc(-c6cccnc6)c5)c4cc23)cc1. The van der Waals surface area contributed by atoms with Crippen LogP contribution in [0.2, 0.25) is 0 Å². The van der Waals surface area contributed by atoms with Gasteiger partial charge in [0.2, 0.25) is 0 Å². The predicted octanol–water partition coefficient (Wildman–Crippen LogP) is 16.2. The molecule has 0 saturated heterocycles. The van der Waals surface area contributed by atoms with Crippen LogP contribution in [-0.4, -0.2) is 9.97 Å². The summed E-state index contributed by atoms with van der Waals surface area (Å²) in [6.45, 7) is 0. The van der Waals surface area contributed by atoms with Crippen molar-refractivity contribution < 1.29 is 0 Å². The molecule has 0 fully saturated rings. The van der Waals surface area contributed by atoms with Crippen molar-refractivity contribution in [2.45, 2.75) is 0 Å². The molecule has 0 radical (unpaired) electrons. The Morgan fingerprint density at radius 3 is 1.26 bits per heavy atom. The first-order valence-electron chi connectivity index (χ1n) is 21.2. The quantitative estimate of drug-likeness (QED) is 0.124. The van der Waals surface area contributed by atoms with Gasteiger partial charge in [-0.3, -0.25) is 9.97 Å². The van der Waals surface area contributed by atoms with Crippen molar-refractivity contribution in [2.24, 2.45) is 0 Å². The summed E-state index contributed by atoms with van der Waals surface area (Å²) < 4.78 is 0. The third-order valence-electron chi connectivity index (χ3n) is 12.6. The van der Waals surface area contributed by atoms with Gasteiger partial charge < -0.3 is 0 Å². The van der Waals surface area contributed by atoms with Crippen molar-refractivity contribution in [1.82, 2.24) is 9.97 Å². The van der Waals surface area contributed by atoms with Crippen LogP contribution in [0.15, 0.2) is 231 Å². The summed E-state index contributed by atoms with van der Waals surface area (Å²) in [4.78, 5) is 8.96. The van der Waals surface area contributed by atoms with E-state index >= 15 is 0 Å². The fraction of sp³-hybridized carbons (Fsp3) is 0. The largest absolute Gasteiger partial charge is 0.264 e. The maximum absolute atomic E-state index is 4.48. The van der Waals surface area contributed by atoms with Gasteiger partial charge in [0.25, 0.3) is 0 Å². The number of fused-ring (bicyclic) bond motifs is 6. The predicted molar refractivity (Wildman–Crippen MR) is 262 cm³/mol. The highest BCUT2D eigenvalue weighted by Gasteiger charge is 2.23. The molecule has 2 heteroatoms. The molecular weight excluding hydrogens is 749 g/mol. The average molecular weight is 787 g/mol. The van der Waals surface area contributed by atoms with Gasteiger partial charge in [0.1, 0.15) is 0 Å². The van der Waals surface area contributed by atoms with Gasteiger partial charge >= 0.3 is 0 Å². The van der Waals surface area contributed by atoms with Crippen LogP contribution < -0.4 is 0 Å². The molecule has 12 aromatic rings. The normalized spacial score (nSPS) is 11.5. The van der Waals surface area contributed by atoms with Gasteiger partial charge in [-0.2, -0.15) is 0 Å². The van der Waals surface area contributed by atoms with E-state index in [1.807, 2.05) is 36.9 Å². The van der Waals surface area contributed by atoms with Crippen LogP contribution in [0.5, 0.6) is 0 Å². The molecule has 0 aliphatic carbocycles. The summed E-state index contributed by atoms with van der Waals surface area (Å²) in [7, 11) is 0. The molecule has 2 nitrogen and oxygen atoms in total. The number of benzene rings is 10. The van der Waals surface area contributed by atoms with E-state index in [0.717, 1.165) is 22.3 Å². The van der Waals surface area contributed by atoms with E-state index in [0.29, 0.717) is 0 Å². The molecule has 0 spiro atoms. The lowest BCUT2D eigenvalue weighted by molar-refractivity contribution is 1.33. The summed E-state index contributed by atoms with van der Waals surface area (Å²) in [5, 5.41) is 12.2. The molecule has 10 aromatic carbocycles. The molecule has 0 N–H and O–H groups in total. The molecular formula is C60H38N2. The van der Waals surface area contributed by atoms with Gasteiger partial charge in [0, 0.05) is 35.9 Å². The van der Waals surface area contributed by atoms with Crippen LogP contribution in [0, 0.1) is 0 Å². The Hall–Kier alpha value is -8.20. The molecule has 2 heterocycles. The topological polar surface area (TPSA) is 25.8 Å². The second-order valence-electron chi connectivity index (χ2n) is 16.1. The van der Waals surface area contributed by atoms with E-state index in [1.54, 1.807) is 0 Å². The fourth-order valence-electron chi connectivity index (χ4n) is 9.88. The van der Waals surface area contributed by atoms with E-state index in [1.165, 1.54) is 98.4 Å². The van der Waals surface area contributed by atoms with Crippen LogP contribution in [0.25, 0.3) is 121 Å². The van der Waals surface area contributed by atoms with E-state index in [4.69, 9.17) is 0 Å². The number of aromatic nitrogens is 2. The maximum atomic E-state index is 4.48. The zero-order chi connectivity index (χ0) is 41.0. The molecule has 0 aliphatic heterocycles. The second kappa shape index (κ2) is 14.8. The van der Waals surface area contributed by atoms with E-state index in [9.17, 15) is 0 Å². The van der Waals surface area contributed by atoms with Gasteiger partial charge in [0.15, 0.2) is 0 Å². The van der Waals surface area contributed by atoms with Crippen molar-refractivity contribution in [1.29, 1.82) is 0 Å². The Morgan fingerprint density at radius 2 is 0.661 bits per heavy atom. The molecule has 2 aromatic heterocycles. The van der Waals surface area contributed by atoms with Crippen LogP contribution in [0.3, 0.4) is 0 Å². The monoisotopic (exact) mass is 786 g/mol. The Kier molecular flexibility index (Phi) is 8.53. The first kappa shape index (κ1) is 35.7. The third kappa shape index (κ3) is 5.88. The lowest BCUT2D eigenvalue weighted by Gasteiger charge is -2.23. The highest BCUT2D eigenvalue weighted by atomic mass is 14.6. The summed E-state index contributed by atoms with van der Waals surface area (Å²) in [5.41, 5.74) is 14.1. The third-order valence-corrected chi connectivity index (χ3v) is 12.6. The Balaban J connectivity index is 1.28. The van der Waals surface area contributed by atoms with Crippen LogP contribution in [0.1, 0.15) is 0 Å². The second-order valence-corrected chi connectivity index (χ2v) is 16.1. The summed E-state index contributed by atoms with van der Waals surface area (Å²) in [6, 6.07) is 75.8. The lowest BCUT2D eigenvalue weighted by atomic mass is 9.80. The maximum Gasteiger partial charge on any atom is 0.0346 e. The molecule has 0 amide bonds. The number of pyridine rings is 2. The van der Waals surface area contributed by atoms with Crippen LogP contribution in [-0.2, 0) is 0 Å². The molecule has 62 heavy (non-hydrogen) atoms. The lowest BCUT2D eigenvalue weighted by Crippen LogP contribution is -1.95. The van der Waals surface area contributed by atoms with Gasteiger partial charge in [-0.25, -0.2) is 0 Å². The first-order valence-corrected chi connectivity index (χ1v) is 21.2. The first-order chi connectivity index (χ1) is 30.8. The highest BCUT2D eigenvalue weighted by Crippen LogP contribution is 2.51. The molecule has 288 valence electrons. The summed E-state index contributed by atoms with van der Waals surface area (Å²) in [6.07, 6.45) is 7.57.